The highest BCUT2D eigenvalue weighted by molar-refractivity contribution is 5.00. The maximum atomic E-state index is 2.50. The van der Waals surface area contributed by atoms with E-state index in [4.69, 9.17) is 0 Å². The molecule has 0 aromatic carbocycles. The summed E-state index contributed by atoms with van der Waals surface area (Å²) >= 11 is 0. The molecule has 0 N–H and O–H groups in total. The van der Waals surface area contributed by atoms with Crippen LogP contribution < -0.4 is 0 Å². The Bertz CT molecular complexity index is 127. The molecule has 0 bridgehead atoms. The minimum absolute atomic E-state index is 0.920. The number of hydrogen-bond donors (Lipinski definition) is 0. The van der Waals surface area contributed by atoms with Crippen molar-refractivity contribution in [1.29, 1.82) is 0 Å². The lowest BCUT2D eigenvalue weighted by Crippen LogP contribution is -2.03. The molecule has 0 spiro atoms. The SMILES string of the molecule is CC/C(C)=C/C1CCCCC1. The van der Waals surface area contributed by atoms with E-state index in [0.717, 1.165) is 5.92 Å². The molecule has 0 aromatic heterocycles. The first kappa shape index (κ1) is 8.83. The van der Waals surface area contributed by atoms with Crippen LogP contribution >= 0.6 is 0 Å². The number of rotatable bonds is 2. The highest BCUT2D eigenvalue weighted by Crippen LogP contribution is 2.25. The average molecular weight is 152 g/mol. The second kappa shape index (κ2) is 4.58. The molecule has 0 aliphatic heterocycles. The first-order valence-corrected chi connectivity index (χ1v) is 5.00. The molecule has 1 aliphatic rings. The summed E-state index contributed by atoms with van der Waals surface area (Å²) in [5.74, 6) is 0.920. The van der Waals surface area contributed by atoms with Gasteiger partial charge in [-0.1, -0.05) is 37.8 Å². The molecule has 0 radical (unpaired) electrons. The van der Waals surface area contributed by atoms with E-state index >= 15 is 0 Å². The van der Waals surface area contributed by atoms with Crippen LogP contribution in [-0.2, 0) is 0 Å². The molecule has 11 heavy (non-hydrogen) atoms. The summed E-state index contributed by atoms with van der Waals surface area (Å²) in [6.07, 6.45) is 11.0. The fourth-order valence-corrected chi connectivity index (χ4v) is 1.82. The lowest BCUT2D eigenvalue weighted by molar-refractivity contribution is 0.417. The lowest BCUT2D eigenvalue weighted by Gasteiger charge is -2.18. The quantitative estimate of drug-likeness (QED) is 0.526. The van der Waals surface area contributed by atoms with Crippen LogP contribution in [0.4, 0.5) is 0 Å². The summed E-state index contributed by atoms with van der Waals surface area (Å²) in [6.45, 7) is 4.50. The third-order valence-electron chi connectivity index (χ3n) is 2.73. The van der Waals surface area contributed by atoms with E-state index in [1.54, 1.807) is 5.57 Å². The van der Waals surface area contributed by atoms with Gasteiger partial charge in [-0.3, -0.25) is 0 Å². The molecule has 0 atom stereocenters. The molecule has 0 nitrogen and oxygen atoms in total. The standard InChI is InChI=1S/C11H20/c1-3-10(2)9-11-7-5-4-6-8-11/h9,11H,3-8H2,1-2H3/b10-9+. The first-order chi connectivity index (χ1) is 5.33. The van der Waals surface area contributed by atoms with E-state index in [-0.39, 0.29) is 0 Å². The van der Waals surface area contributed by atoms with E-state index in [0.29, 0.717) is 0 Å². The predicted octanol–water partition coefficient (Wildman–Crippen LogP) is 3.92. The van der Waals surface area contributed by atoms with Crippen molar-refractivity contribution >= 4 is 0 Å². The van der Waals surface area contributed by atoms with E-state index in [9.17, 15) is 0 Å². The van der Waals surface area contributed by atoms with Gasteiger partial charge in [-0.05, 0) is 32.1 Å². The normalized spacial score (nSPS) is 22.2. The van der Waals surface area contributed by atoms with Crippen LogP contribution in [-0.4, -0.2) is 0 Å². The molecule has 1 rings (SSSR count). The van der Waals surface area contributed by atoms with Gasteiger partial charge in [0, 0.05) is 0 Å². The molecule has 64 valence electrons. The Balaban J connectivity index is 2.34. The fraction of sp³-hybridized carbons (Fsp3) is 0.818. The molecule has 1 aliphatic carbocycles. The zero-order chi connectivity index (χ0) is 8.10. The summed E-state index contributed by atoms with van der Waals surface area (Å²) in [5, 5.41) is 0. The van der Waals surface area contributed by atoms with E-state index < -0.39 is 0 Å². The summed E-state index contributed by atoms with van der Waals surface area (Å²) in [7, 11) is 0. The Morgan fingerprint density at radius 3 is 2.45 bits per heavy atom. The molecule has 0 aromatic rings. The van der Waals surface area contributed by atoms with Gasteiger partial charge in [0.2, 0.25) is 0 Å². The van der Waals surface area contributed by atoms with Gasteiger partial charge in [-0.2, -0.15) is 0 Å². The Kier molecular flexibility index (Phi) is 3.68. The zero-order valence-corrected chi connectivity index (χ0v) is 7.90. The number of allylic oxidation sites excluding steroid dienone is 2. The van der Waals surface area contributed by atoms with Gasteiger partial charge in [-0.25, -0.2) is 0 Å². The summed E-state index contributed by atoms with van der Waals surface area (Å²) in [4.78, 5) is 0. The molecule has 1 saturated carbocycles. The highest BCUT2D eigenvalue weighted by Gasteiger charge is 2.09. The van der Waals surface area contributed by atoms with Crippen LogP contribution in [0, 0.1) is 5.92 Å². The summed E-state index contributed by atoms with van der Waals surface area (Å²) in [5.41, 5.74) is 1.58. The van der Waals surface area contributed by atoms with Crippen molar-refractivity contribution in [3.8, 4) is 0 Å². The first-order valence-electron chi connectivity index (χ1n) is 5.00. The van der Waals surface area contributed by atoms with Gasteiger partial charge < -0.3 is 0 Å². The summed E-state index contributed by atoms with van der Waals surface area (Å²) in [6, 6.07) is 0. The smallest absolute Gasteiger partial charge is 0.0231 e. The second-order valence-corrected chi connectivity index (χ2v) is 3.76. The Labute approximate surface area is 70.7 Å². The largest absolute Gasteiger partial charge is 0.0825 e. The van der Waals surface area contributed by atoms with Crippen molar-refractivity contribution in [3.63, 3.8) is 0 Å². The lowest BCUT2D eigenvalue weighted by atomic mass is 9.88. The van der Waals surface area contributed by atoms with Gasteiger partial charge in [0.25, 0.3) is 0 Å². The van der Waals surface area contributed by atoms with Crippen molar-refractivity contribution in [2.45, 2.75) is 52.4 Å². The molecular formula is C11H20. The van der Waals surface area contributed by atoms with E-state index in [2.05, 4.69) is 19.9 Å². The van der Waals surface area contributed by atoms with E-state index in [1.165, 1.54) is 38.5 Å². The monoisotopic (exact) mass is 152 g/mol. The molecule has 0 amide bonds. The maximum Gasteiger partial charge on any atom is -0.0231 e. The minimum atomic E-state index is 0.920. The Morgan fingerprint density at radius 2 is 1.91 bits per heavy atom. The Morgan fingerprint density at radius 1 is 1.27 bits per heavy atom. The third kappa shape index (κ3) is 3.09. The fourth-order valence-electron chi connectivity index (χ4n) is 1.82. The number of hydrogen-bond acceptors (Lipinski definition) is 0. The highest BCUT2D eigenvalue weighted by atomic mass is 14.2. The molecule has 0 heteroatoms. The Hall–Kier alpha value is -0.260. The van der Waals surface area contributed by atoms with Crippen LogP contribution in [0.3, 0.4) is 0 Å². The van der Waals surface area contributed by atoms with Crippen LogP contribution in [0.15, 0.2) is 11.6 Å². The van der Waals surface area contributed by atoms with Crippen LogP contribution in [0.5, 0.6) is 0 Å². The molecular weight excluding hydrogens is 132 g/mol. The predicted molar refractivity (Wildman–Crippen MR) is 50.6 cm³/mol. The van der Waals surface area contributed by atoms with Gasteiger partial charge in [0.15, 0.2) is 0 Å². The van der Waals surface area contributed by atoms with Gasteiger partial charge in [-0.15, -0.1) is 0 Å². The molecule has 0 unspecified atom stereocenters. The molecule has 0 heterocycles. The van der Waals surface area contributed by atoms with Crippen molar-refractivity contribution < 1.29 is 0 Å². The van der Waals surface area contributed by atoms with Crippen LogP contribution in [0.25, 0.3) is 0 Å². The zero-order valence-electron chi connectivity index (χ0n) is 7.90. The van der Waals surface area contributed by atoms with Crippen molar-refractivity contribution in [2.24, 2.45) is 5.92 Å². The van der Waals surface area contributed by atoms with Gasteiger partial charge in [0.05, 0.1) is 0 Å². The van der Waals surface area contributed by atoms with Gasteiger partial charge in [0.1, 0.15) is 0 Å². The summed E-state index contributed by atoms with van der Waals surface area (Å²) < 4.78 is 0. The molecule has 1 fully saturated rings. The third-order valence-corrected chi connectivity index (χ3v) is 2.73. The van der Waals surface area contributed by atoms with Gasteiger partial charge >= 0.3 is 0 Å². The van der Waals surface area contributed by atoms with Crippen molar-refractivity contribution in [1.82, 2.24) is 0 Å². The maximum absolute atomic E-state index is 2.50. The second-order valence-electron chi connectivity index (χ2n) is 3.76. The molecule has 0 saturated heterocycles. The average Bonchev–Trinajstić information content (AvgIpc) is 2.06. The minimum Gasteiger partial charge on any atom is -0.0825 e. The van der Waals surface area contributed by atoms with Crippen molar-refractivity contribution in [2.75, 3.05) is 0 Å². The van der Waals surface area contributed by atoms with Crippen LogP contribution in [0.1, 0.15) is 52.4 Å². The van der Waals surface area contributed by atoms with Crippen LogP contribution in [0.2, 0.25) is 0 Å². The van der Waals surface area contributed by atoms with E-state index in [1.807, 2.05) is 0 Å². The van der Waals surface area contributed by atoms with Crippen molar-refractivity contribution in [3.05, 3.63) is 11.6 Å². The topological polar surface area (TPSA) is 0 Å².